The van der Waals surface area contributed by atoms with E-state index >= 15 is 0 Å². The van der Waals surface area contributed by atoms with Gasteiger partial charge in [-0.05, 0) is 30.9 Å². The Morgan fingerprint density at radius 3 is 2.40 bits per heavy atom. The van der Waals surface area contributed by atoms with Gasteiger partial charge < -0.3 is 4.74 Å². The zero-order valence-corrected chi connectivity index (χ0v) is 18.2. The van der Waals surface area contributed by atoms with Crippen molar-refractivity contribution in [3.05, 3.63) is 71.1 Å². The minimum atomic E-state index is -0.911. The van der Waals surface area contributed by atoms with Crippen LogP contribution in [-0.2, 0) is 20.7 Å². The smallest absolute Gasteiger partial charge is 0.314 e. The summed E-state index contributed by atoms with van der Waals surface area (Å²) >= 11 is 1.34. The zero-order chi connectivity index (χ0) is 21.5. The van der Waals surface area contributed by atoms with Crippen molar-refractivity contribution in [2.24, 2.45) is 0 Å². The van der Waals surface area contributed by atoms with E-state index in [9.17, 15) is 9.59 Å². The van der Waals surface area contributed by atoms with Gasteiger partial charge in [0.1, 0.15) is 0 Å². The molecular formula is C24H26N2O3S. The van der Waals surface area contributed by atoms with Crippen molar-refractivity contribution in [1.82, 2.24) is 4.98 Å². The van der Waals surface area contributed by atoms with E-state index in [0.717, 1.165) is 23.2 Å². The van der Waals surface area contributed by atoms with E-state index in [1.165, 1.54) is 16.9 Å². The Labute approximate surface area is 181 Å². The molecule has 1 aromatic heterocycles. The number of aryl methyl sites for hydroxylation is 1. The first-order valence-electron chi connectivity index (χ1n) is 10.1. The van der Waals surface area contributed by atoms with Crippen LogP contribution in [0.2, 0.25) is 0 Å². The average Bonchev–Trinajstić information content (AvgIpc) is 3.23. The lowest BCUT2D eigenvalue weighted by Gasteiger charge is -2.18. The SMILES string of the molecule is CCc1ccc(-c2csc(NC(=O)[C@H](C)OC(=O)[C@H](CC)c3ccccc3)n2)cc1. The number of hydrogen-bond acceptors (Lipinski definition) is 5. The number of benzene rings is 2. The Bertz CT molecular complexity index is 983. The summed E-state index contributed by atoms with van der Waals surface area (Å²) < 4.78 is 5.43. The quantitative estimate of drug-likeness (QED) is 0.491. The van der Waals surface area contributed by atoms with Crippen LogP contribution in [0.3, 0.4) is 0 Å². The number of carbonyl (C=O) groups excluding carboxylic acids is 2. The number of hydrogen-bond donors (Lipinski definition) is 1. The predicted octanol–water partition coefficient (Wildman–Crippen LogP) is 5.44. The van der Waals surface area contributed by atoms with Crippen LogP contribution in [0.4, 0.5) is 5.13 Å². The van der Waals surface area contributed by atoms with E-state index in [1.54, 1.807) is 6.92 Å². The number of aromatic nitrogens is 1. The molecule has 0 saturated carbocycles. The van der Waals surface area contributed by atoms with Gasteiger partial charge in [-0.2, -0.15) is 0 Å². The Balaban J connectivity index is 1.60. The minimum Gasteiger partial charge on any atom is -0.452 e. The molecule has 5 nitrogen and oxygen atoms in total. The highest BCUT2D eigenvalue weighted by Gasteiger charge is 2.25. The minimum absolute atomic E-state index is 0.390. The van der Waals surface area contributed by atoms with E-state index in [0.29, 0.717) is 11.6 Å². The number of anilines is 1. The average molecular weight is 423 g/mol. The predicted molar refractivity (Wildman–Crippen MR) is 121 cm³/mol. The number of thiazole rings is 1. The normalized spacial score (nSPS) is 12.8. The second kappa shape index (κ2) is 10.2. The van der Waals surface area contributed by atoms with Gasteiger partial charge in [-0.1, -0.05) is 68.4 Å². The number of nitrogens with one attached hydrogen (secondary N) is 1. The highest BCUT2D eigenvalue weighted by molar-refractivity contribution is 7.14. The van der Waals surface area contributed by atoms with Crippen LogP contribution in [0.15, 0.2) is 60.0 Å². The number of ether oxygens (including phenoxy) is 1. The van der Waals surface area contributed by atoms with Gasteiger partial charge in [-0.15, -0.1) is 11.3 Å². The fourth-order valence-electron chi connectivity index (χ4n) is 3.12. The maximum Gasteiger partial charge on any atom is 0.314 e. The van der Waals surface area contributed by atoms with Gasteiger partial charge in [-0.3, -0.25) is 14.9 Å². The van der Waals surface area contributed by atoms with Crippen LogP contribution in [-0.4, -0.2) is 23.0 Å². The molecule has 1 N–H and O–H groups in total. The molecule has 30 heavy (non-hydrogen) atoms. The van der Waals surface area contributed by atoms with Crippen LogP contribution >= 0.6 is 11.3 Å². The Hall–Kier alpha value is -2.99. The number of esters is 1. The maximum atomic E-state index is 12.6. The van der Waals surface area contributed by atoms with Crippen molar-refractivity contribution in [3.63, 3.8) is 0 Å². The van der Waals surface area contributed by atoms with Gasteiger partial charge in [0.2, 0.25) is 0 Å². The molecular weight excluding hydrogens is 396 g/mol. The first-order chi connectivity index (χ1) is 14.5. The third-order valence-electron chi connectivity index (χ3n) is 4.95. The fourth-order valence-corrected chi connectivity index (χ4v) is 3.84. The van der Waals surface area contributed by atoms with E-state index in [-0.39, 0.29) is 5.92 Å². The molecule has 1 amide bonds. The Morgan fingerprint density at radius 1 is 1.07 bits per heavy atom. The van der Waals surface area contributed by atoms with Crippen LogP contribution < -0.4 is 5.32 Å². The van der Waals surface area contributed by atoms with Gasteiger partial charge >= 0.3 is 5.97 Å². The lowest BCUT2D eigenvalue weighted by Crippen LogP contribution is -2.31. The van der Waals surface area contributed by atoms with Crippen LogP contribution in [0.5, 0.6) is 0 Å². The first-order valence-corrected chi connectivity index (χ1v) is 11.0. The van der Waals surface area contributed by atoms with Crippen molar-refractivity contribution in [1.29, 1.82) is 0 Å². The molecule has 3 rings (SSSR count). The summed E-state index contributed by atoms with van der Waals surface area (Å²) in [5.74, 6) is -1.19. The molecule has 3 aromatic rings. The molecule has 0 spiro atoms. The maximum absolute atomic E-state index is 12.6. The largest absolute Gasteiger partial charge is 0.452 e. The summed E-state index contributed by atoms with van der Waals surface area (Å²) in [5, 5.41) is 5.13. The molecule has 0 bridgehead atoms. The number of amides is 1. The van der Waals surface area contributed by atoms with E-state index in [2.05, 4.69) is 29.4 Å². The molecule has 0 saturated heterocycles. The van der Waals surface area contributed by atoms with Crippen molar-refractivity contribution in [2.75, 3.05) is 5.32 Å². The Kier molecular flexibility index (Phi) is 7.36. The molecule has 2 atom stereocenters. The molecule has 0 fully saturated rings. The molecule has 0 radical (unpaired) electrons. The fraction of sp³-hybridized carbons (Fsp3) is 0.292. The molecule has 6 heteroatoms. The monoisotopic (exact) mass is 422 g/mol. The van der Waals surface area contributed by atoms with Crippen LogP contribution in [0.1, 0.15) is 44.2 Å². The van der Waals surface area contributed by atoms with Gasteiger partial charge in [0, 0.05) is 10.9 Å². The molecule has 0 unspecified atom stereocenters. The third kappa shape index (κ3) is 5.33. The second-order valence-corrected chi connectivity index (χ2v) is 7.89. The highest BCUT2D eigenvalue weighted by Crippen LogP contribution is 2.26. The van der Waals surface area contributed by atoms with E-state index in [1.807, 2.05) is 54.8 Å². The standard InChI is InChI=1S/C24H26N2O3S/c1-4-17-11-13-19(14-12-17)21-15-30-24(25-21)26-22(27)16(3)29-23(28)20(5-2)18-9-7-6-8-10-18/h6-16,20H,4-5H2,1-3H3,(H,25,26,27)/t16-,20+/m0/s1. The molecule has 156 valence electrons. The zero-order valence-electron chi connectivity index (χ0n) is 17.4. The second-order valence-electron chi connectivity index (χ2n) is 7.03. The molecule has 0 aliphatic carbocycles. The summed E-state index contributed by atoms with van der Waals surface area (Å²) in [6.07, 6.45) is 0.675. The van der Waals surface area contributed by atoms with Gasteiger partial charge in [0.15, 0.2) is 11.2 Å². The van der Waals surface area contributed by atoms with Crippen molar-refractivity contribution < 1.29 is 14.3 Å². The van der Waals surface area contributed by atoms with Gasteiger partial charge in [-0.25, -0.2) is 4.98 Å². The van der Waals surface area contributed by atoms with Gasteiger partial charge in [0.25, 0.3) is 5.91 Å². The van der Waals surface area contributed by atoms with Crippen LogP contribution in [0.25, 0.3) is 11.3 Å². The highest BCUT2D eigenvalue weighted by atomic mass is 32.1. The topological polar surface area (TPSA) is 68.3 Å². The third-order valence-corrected chi connectivity index (χ3v) is 5.71. The lowest BCUT2D eigenvalue weighted by atomic mass is 9.97. The van der Waals surface area contributed by atoms with E-state index < -0.39 is 18.0 Å². The molecule has 2 aromatic carbocycles. The summed E-state index contributed by atoms with van der Waals surface area (Å²) in [4.78, 5) is 29.6. The molecule has 0 aliphatic heterocycles. The van der Waals surface area contributed by atoms with Crippen LogP contribution in [0, 0.1) is 0 Å². The summed E-state index contributed by atoms with van der Waals surface area (Å²) in [7, 11) is 0. The van der Waals surface area contributed by atoms with Gasteiger partial charge in [0.05, 0.1) is 11.6 Å². The Morgan fingerprint density at radius 2 is 1.77 bits per heavy atom. The number of carbonyl (C=O) groups is 2. The lowest BCUT2D eigenvalue weighted by molar-refractivity contribution is -0.154. The number of rotatable bonds is 8. The first kappa shape index (κ1) is 21.7. The molecule has 0 aliphatic rings. The summed E-state index contributed by atoms with van der Waals surface area (Å²) in [6.45, 7) is 5.61. The van der Waals surface area contributed by atoms with Crippen molar-refractivity contribution >= 4 is 28.3 Å². The van der Waals surface area contributed by atoms with E-state index in [4.69, 9.17) is 4.74 Å². The number of nitrogens with zero attached hydrogens (tertiary/aromatic N) is 1. The summed E-state index contributed by atoms with van der Waals surface area (Å²) in [5.41, 5.74) is 3.95. The molecule has 1 heterocycles. The summed E-state index contributed by atoms with van der Waals surface area (Å²) in [6, 6.07) is 17.7. The van der Waals surface area contributed by atoms with Crippen molar-refractivity contribution in [2.45, 2.75) is 45.6 Å². The van der Waals surface area contributed by atoms with Crippen molar-refractivity contribution in [3.8, 4) is 11.3 Å².